The number of aliphatic carboxylic acids is 1. The van der Waals surface area contributed by atoms with Crippen LogP contribution in [0.5, 0.6) is 0 Å². The first-order valence-corrected chi connectivity index (χ1v) is 14.3. The lowest BCUT2D eigenvalue weighted by Gasteiger charge is -2.25. The Morgan fingerprint density at radius 3 is 1.75 bits per heavy atom. The van der Waals surface area contributed by atoms with Crippen LogP contribution in [0.2, 0.25) is 0 Å². The number of nitrogens with zero attached hydrogens (tertiary/aromatic N) is 1. The highest BCUT2D eigenvalue weighted by atomic mass is 16.4. The number of primary amides is 2. The molecule has 0 aliphatic heterocycles. The maximum atomic E-state index is 13.2. The summed E-state index contributed by atoms with van der Waals surface area (Å²) in [5.74, 6) is -9.29. The Hall–Kier alpha value is -5.58. The first kappa shape index (κ1) is 42.4. The minimum absolute atomic E-state index is 0.00618. The van der Waals surface area contributed by atoms with Crippen LogP contribution in [-0.4, -0.2) is 126 Å². The molecule has 0 aromatic heterocycles. The van der Waals surface area contributed by atoms with E-state index in [1.165, 1.54) is 6.92 Å². The molecule has 18 N–H and O–H groups in total. The second kappa shape index (κ2) is 22.0. The Balaban J connectivity index is 5.79. The van der Waals surface area contributed by atoms with Crippen LogP contribution in [0.25, 0.3) is 0 Å². The van der Waals surface area contributed by atoms with Gasteiger partial charge in [-0.05, 0) is 26.2 Å². The number of carboxylic acids is 1. The molecule has 0 unspecified atom stereocenters. The van der Waals surface area contributed by atoms with E-state index in [0.29, 0.717) is 0 Å². The SMILES string of the molecule is C[C@H](NC(=O)[C@H](CCC(N)=O)NC(=O)CNC(=O)CN)C(=O)N[C@@H](CC(N)=O)C(=O)N[C@@H](CCCN=C(N)N)C(=O)N[C@@H](CO)C(=O)O. The van der Waals surface area contributed by atoms with Crippen molar-refractivity contribution in [3.63, 3.8) is 0 Å². The molecule has 23 heteroatoms. The monoisotopic (exact) mass is 688 g/mol. The van der Waals surface area contributed by atoms with Crippen molar-refractivity contribution in [3.8, 4) is 0 Å². The fraction of sp³-hybridized carbons (Fsp3) is 0.600. The number of carbonyl (C=O) groups excluding carboxylic acids is 8. The number of hydrogen-bond donors (Lipinski definition) is 13. The van der Waals surface area contributed by atoms with Gasteiger partial charge in [0.15, 0.2) is 5.96 Å². The third-order valence-electron chi connectivity index (χ3n) is 6.13. The third-order valence-corrected chi connectivity index (χ3v) is 6.13. The van der Waals surface area contributed by atoms with Crippen LogP contribution in [0.4, 0.5) is 0 Å². The van der Waals surface area contributed by atoms with Gasteiger partial charge in [-0.25, -0.2) is 4.79 Å². The quantitative estimate of drug-likeness (QED) is 0.0269. The van der Waals surface area contributed by atoms with Gasteiger partial charge in [0.05, 0.1) is 26.1 Å². The van der Waals surface area contributed by atoms with Gasteiger partial charge in [0.1, 0.15) is 30.2 Å². The second-order valence-electron chi connectivity index (χ2n) is 10.2. The first-order chi connectivity index (χ1) is 22.4. The van der Waals surface area contributed by atoms with Crippen molar-refractivity contribution in [2.24, 2.45) is 33.7 Å². The molecule has 0 spiro atoms. The molecule has 0 rings (SSSR count). The van der Waals surface area contributed by atoms with E-state index >= 15 is 0 Å². The summed E-state index contributed by atoms with van der Waals surface area (Å²) >= 11 is 0. The van der Waals surface area contributed by atoms with Gasteiger partial charge in [-0.3, -0.25) is 43.3 Å². The number of amides is 8. The lowest BCUT2D eigenvalue weighted by atomic mass is 10.1. The van der Waals surface area contributed by atoms with E-state index in [-0.39, 0.29) is 38.2 Å². The molecule has 48 heavy (non-hydrogen) atoms. The van der Waals surface area contributed by atoms with Crippen LogP contribution in [0.3, 0.4) is 0 Å². The maximum absolute atomic E-state index is 13.2. The lowest BCUT2D eigenvalue weighted by molar-refractivity contribution is -0.143. The number of aliphatic hydroxyl groups excluding tert-OH is 1. The molecule has 8 amide bonds. The summed E-state index contributed by atoms with van der Waals surface area (Å²) in [5.41, 5.74) is 26.0. The van der Waals surface area contributed by atoms with Gasteiger partial charge in [0, 0.05) is 13.0 Å². The number of carbonyl (C=O) groups is 9. The van der Waals surface area contributed by atoms with Gasteiger partial charge in [-0.2, -0.15) is 0 Å². The Kier molecular flexibility index (Phi) is 19.5. The Labute approximate surface area is 273 Å². The standard InChI is InChI=1S/C25H44N12O11/c1-11(33-21(44)13(4-5-16(27)39)34-19(42)9-32-18(41)8-26)20(43)36-14(7-17(28)40)23(46)35-12(3-2-6-31-25(29)30)22(45)37-15(10-38)24(47)48/h11-15,38H,2-10,26H2,1H3,(H2,27,39)(H2,28,40)(H,32,41)(H,33,44)(H,34,42)(H,35,46)(H,36,43)(H,37,45)(H,47,48)(H4,29,30,31)/t11-,12-,13-,14-,15-/m0/s1. The van der Waals surface area contributed by atoms with E-state index in [1.807, 2.05) is 5.32 Å². The first-order valence-electron chi connectivity index (χ1n) is 14.3. The maximum Gasteiger partial charge on any atom is 0.328 e. The van der Waals surface area contributed by atoms with Gasteiger partial charge in [0.25, 0.3) is 0 Å². The summed E-state index contributed by atoms with van der Waals surface area (Å²) in [5, 5.41) is 31.7. The lowest BCUT2D eigenvalue weighted by Crippen LogP contribution is -2.59. The second-order valence-corrected chi connectivity index (χ2v) is 10.2. The largest absolute Gasteiger partial charge is 0.480 e. The van der Waals surface area contributed by atoms with E-state index in [9.17, 15) is 48.3 Å². The Morgan fingerprint density at radius 1 is 0.688 bits per heavy atom. The zero-order valence-corrected chi connectivity index (χ0v) is 26.2. The Bertz CT molecular complexity index is 1230. The zero-order valence-electron chi connectivity index (χ0n) is 26.2. The molecular formula is C25H44N12O11. The highest BCUT2D eigenvalue weighted by Crippen LogP contribution is 2.04. The molecule has 0 aromatic carbocycles. The van der Waals surface area contributed by atoms with Gasteiger partial charge in [-0.1, -0.05) is 0 Å². The molecule has 270 valence electrons. The van der Waals surface area contributed by atoms with Gasteiger partial charge in [-0.15, -0.1) is 0 Å². The predicted octanol–water partition coefficient (Wildman–Crippen LogP) is -8.22. The van der Waals surface area contributed by atoms with Gasteiger partial charge >= 0.3 is 5.97 Å². The molecule has 23 nitrogen and oxygen atoms in total. The number of rotatable bonds is 23. The number of nitrogens with two attached hydrogens (primary N) is 5. The van der Waals surface area contributed by atoms with Crippen molar-refractivity contribution in [1.29, 1.82) is 0 Å². The predicted molar refractivity (Wildman–Crippen MR) is 164 cm³/mol. The summed E-state index contributed by atoms with van der Waals surface area (Å²) in [4.78, 5) is 113. The van der Waals surface area contributed by atoms with Crippen LogP contribution in [0.1, 0.15) is 39.0 Å². The topological polar surface area (TPSA) is 409 Å². The molecule has 5 atom stereocenters. The molecule has 0 saturated carbocycles. The summed E-state index contributed by atoms with van der Waals surface area (Å²) in [6, 6.07) is -7.71. The van der Waals surface area contributed by atoms with Gasteiger partial charge in [0.2, 0.25) is 47.3 Å². The van der Waals surface area contributed by atoms with Crippen molar-refractivity contribution in [2.45, 2.75) is 69.2 Å². The normalized spacial score (nSPS) is 13.6. The number of carboxylic acid groups (broad SMARTS) is 1. The minimum atomic E-state index is -1.72. The van der Waals surface area contributed by atoms with E-state index in [1.54, 1.807) is 0 Å². The molecule has 0 heterocycles. The highest BCUT2D eigenvalue weighted by Gasteiger charge is 2.32. The summed E-state index contributed by atoms with van der Waals surface area (Å²) in [7, 11) is 0. The number of aliphatic imine (C=N–C) groups is 1. The molecule has 0 fully saturated rings. The van der Waals surface area contributed by atoms with Crippen LogP contribution in [0.15, 0.2) is 4.99 Å². The van der Waals surface area contributed by atoms with Crippen molar-refractivity contribution in [1.82, 2.24) is 31.9 Å². The van der Waals surface area contributed by atoms with E-state index in [0.717, 1.165) is 0 Å². The third kappa shape index (κ3) is 17.8. The van der Waals surface area contributed by atoms with Crippen molar-refractivity contribution in [3.05, 3.63) is 0 Å². The van der Waals surface area contributed by atoms with Crippen LogP contribution in [0, 0.1) is 0 Å². The smallest absolute Gasteiger partial charge is 0.328 e. The number of guanidine groups is 1. The van der Waals surface area contributed by atoms with E-state index in [2.05, 4.69) is 31.6 Å². The number of hydrogen-bond acceptors (Lipinski definition) is 12. The molecule has 0 bridgehead atoms. The summed E-state index contributed by atoms with van der Waals surface area (Å²) < 4.78 is 0. The van der Waals surface area contributed by atoms with Crippen LogP contribution in [-0.2, 0) is 43.2 Å². The molecule has 0 aliphatic rings. The van der Waals surface area contributed by atoms with Crippen LogP contribution < -0.4 is 60.6 Å². The minimum Gasteiger partial charge on any atom is -0.480 e. The van der Waals surface area contributed by atoms with Gasteiger partial charge < -0.3 is 70.8 Å². The fourth-order valence-corrected chi connectivity index (χ4v) is 3.64. The zero-order chi connectivity index (χ0) is 37.0. The molecular weight excluding hydrogens is 644 g/mol. The number of aliphatic hydroxyl groups is 1. The summed E-state index contributed by atoms with van der Waals surface area (Å²) in [6.07, 6.45) is -1.48. The van der Waals surface area contributed by atoms with Crippen molar-refractivity contribution >= 4 is 59.2 Å². The summed E-state index contributed by atoms with van der Waals surface area (Å²) in [6.45, 7) is -0.741. The van der Waals surface area contributed by atoms with Crippen molar-refractivity contribution in [2.75, 3.05) is 26.2 Å². The Morgan fingerprint density at radius 2 is 1.23 bits per heavy atom. The average molecular weight is 689 g/mol. The van der Waals surface area contributed by atoms with Crippen molar-refractivity contribution < 1.29 is 53.4 Å². The van der Waals surface area contributed by atoms with E-state index in [4.69, 9.17) is 33.8 Å². The highest BCUT2D eigenvalue weighted by molar-refractivity contribution is 5.97. The molecule has 0 aromatic rings. The fourth-order valence-electron chi connectivity index (χ4n) is 3.64. The van der Waals surface area contributed by atoms with E-state index < -0.39 is 110 Å². The molecule has 0 saturated heterocycles. The number of nitrogens with one attached hydrogen (secondary N) is 6. The average Bonchev–Trinajstić information content (AvgIpc) is 3.00. The molecule has 0 aliphatic carbocycles. The molecule has 0 radical (unpaired) electrons. The van der Waals surface area contributed by atoms with Crippen LogP contribution >= 0.6 is 0 Å².